The first-order valence-electron chi connectivity index (χ1n) is 4.90. The van der Waals surface area contributed by atoms with E-state index in [-0.39, 0.29) is 6.04 Å². The van der Waals surface area contributed by atoms with Crippen molar-refractivity contribution < 1.29 is 4.42 Å². The number of hydrogen-bond acceptors (Lipinski definition) is 2. The number of hydrogen-bond donors (Lipinski definition) is 1. The van der Waals surface area contributed by atoms with E-state index in [9.17, 15) is 0 Å². The van der Waals surface area contributed by atoms with E-state index in [1.807, 2.05) is 6.07 Å². The molecule has 0 aliphatic rings. The van der Waals surface area contributed by atoms with Crippen molar-refractivity contribution in [2.45, 2.75) is 12.5 Å². The molecule has 0 amide bonds. The van der Waals surface area contributed by atoms with Crippen molar-refractivity contribution >= 4 is 34.2 Å². The molecule has 0 bridgehead atoms. The van der Waals surface area contributed by atoms with Gasteiger partial charge in [0.05, 0.1) is 6.04 Å². The summed E-state index contributed by atoms with van der Waals surface area (Å²) >= 11 is 7.98. The Bertz CT molecular complexity index is 466. The summed E-state index contributed by atoms with van der Waals surface area (Å²) in [4.78, 5) is 0. The fourth-order valence-electron chi connectivity index (χ4n) is 1.50. The van der Waals surface area contributed by atoms with E-state index >= 15 is 0 Å². The van der Waals surface area contributed by atoms with Gasteiger partial charge in [0.2, 0.25) is 0 Å². The molecule has 0 radical (unpaired) electrons. The lowest BCUT2D eigenvalue weighted by Gasteiger charge is -2.08. The van der Waals surface area contributed by atoms with Gasteiger partial charge in [-0.1, -0.05) is 12.1 Å². The lowest BCUT2D eigenvalue weighted by molar-refractivity contribution is 0.466. The van der Waals surface area contributed by atoms with Crippen LogP contribution in [-0.2, 0) is 6.42 Å². The zero-order valence-electron chi connectivity index (χ0n) is 8.49. The van der Waals surface area contributed by atoms with Crippen LogP contribution in [0.2, 0.25) is 5.22 Å². The molecule has 16 heavy (non-hydrogen) atoms. The van der Waals surface area contributed by atoms with Crippen LogP contribution in [-0.4, -0.2) is 0 Å². The Labute approximate surface area is 113 Å². The summed E-state index contributed by atoms with van der Waals surface area (Å²) in [5.74, 6) is 0.726. The van der Waals surface area contributed by atoms with Gasteiger partial charge < -0.3 is 10.2 Å². The van der Waals surface area contributed by atoms with Crippen LogP contribution in [0, 0.1) is 3.57 Å². The third kappa shape index (κ3) is 2.99. The molecule has 2 rings (SSSR count). The summed E-state index contributed by atoms with van der Waals surface area (Å²) in [6.45, 7) is 0. The molecule has 0 aliphatic carbocycles. The number of furan rings is 1. The van der Waals surface area contributed by atoms with E-state index in [1.165, 1.54) is 9.13 Å². The first-order chi connectivity index (χ1) is 7.65. The molecule has 2 nitrogen and oxygen atoms in total. The van der Waals surface area contributed by atoms with Crippen molar-refractivity contribution in [1.29, 1.82) is 0 Å². The molecular formula is C12H11ClINO. The fourth-order valence-corrected chi connectivity index (χ4v) is 2.01. The predicted octanol–water partition coefficient (Wildman–Crippen LogP) is 3.78. The predicted molar refractivity (Wildman–Crippen MR) is 73.5 cm³/mol. The van der Waals surface area contributed by atoms with Crippen LogP contribution < -0.4 is 5.73 Å². The molecule has 1 heterocycles. The minimum Gasteiger partial charge on any atom is -0.448 e. The Morgan fingerprint density at radius 2 is 1.88 bits per heavy atom. The summed E-state index contributed by atoms with van der Waals surface area (Å²) < 4.78 is 6.50. The molecule has 0 fully saturated rings. The molecule has 4 heteroatoms. The zero-order valence-corrected chi connectivity index (χ0v) is 11.4. The van der Waals surface area contributed by atoms with Gasteiger partial charge in [0.15, 0.2) is 5.22 Å². The molecule has 1 aromatic carbocycles. The maximum Gasteiger partial charge on any atom is 0.193 e. The van der Waals surface area contributed by atoms with Crippen LogP contribution in [0.3, 0.4) is 0 Å². The van der Waals surface area contributed by atoms with E-state index in [0.717, 1.165) is 12.2 Å². The standard InChI is InChI=1S/C12H11ClINO/c13-12-6-5-11(16-12)10(15)7-8-1-3-9(14)4-2-8/h1-6,10H,7,15H2. The Morgan fingerprint density at radius 3 is 2.44 bits per heavy atom. The first kappa shape index (κ1) is 12.0. The fraction of sp³-hybridized carbons (Fsp3) is 0.167. The van der Waals surface area contributed by atoms with Crippen molar-refractivity contribution in [1.82, 2.24) is 0 Å². The second-order valence-corrected chi connectivity index (χ2v) is 5.20. The Kier molecular flexibility index (Phi) is 3.89. The van der Waals surface area contributed by atoms with E-state index in [4.69, 9.17) is 21.8 Å². The third-order valence-electron chi connectivity index (χ3n) is 2.33. The monoisotopic (exact) mass is 347 g/mol. The van der Waals surface area contributed by atoms with E-state index in [0.29, 0.717) is 5.22 Å². The maximum absolute atomic E-state index is 6.02. The van der Waals surface area contributed by atoms with Crippen molar-refractivity contribution in [3.8, 4) is 0 Å². The van der Waals surface area contributed by atoms with Crippen molar-refractivity contribution in [3.05, 3.63) is 56.5 Å². The largest absolute Gasteiger partial charge is 0.448 e. The van der Waals surface area contributed by atoms with E-state index < -0.39 is 0 Å². The van der Waals surface area contributed by atoms with Gasteiger partial charge in [0.25, 0.3) is 0 Å². The molecule has 2 aromatic rings. The van der Waals surface area contributed by atoms with Crippen molar-refractivity contribution in [2.75, 3.05) is 0 Å². The average molecular weight is 348 g/mol. The zero-order chi connectivity index (χ0) is 11.5. The topological polar surface area (TPSA) is 39.2 Å². The average Bonchev–Trinajstić information content (AvgIpc) is 2.68. The van der Waals surface area contributed by atoms with Crippen LogP contribution in [0.15, 0.2) is 40.8 Å². The highest BCUT2D eigenvalue weighted by Gasteiger charge is 2.11. The van der Waals surface area contributed by atoms with Gasteiger partial charge in [-0.05, 0) is 70.4 Å². The Morgan fingerprint density at radius 1 is 1.19 bits per heavy atom. The third-order valence-corrected chi connectivity index (χ3v) is 3.25. The molecule has 0 aliphatic heterocycles. The second-order valence-electron chi connectivity index (χ2n) is 3.58. The molecule has 0 saturated carbocycles. The van der Waals surface area contributed by atoms with Crippen LogP contribution in [0.4, 0.5) is 0 Å². The molecule has 1 unspecified atom stereocenters. The SMILES string of the molecule is NC(Cc1ccc(I)cc1)c1ccc(Cl)o1. The van der Waals surface area contributed by atoms with Gasteiger partial charge in [-0.2, -0.15) is 0 Å². The summed E-state index contributed by atoms with van der Waals surface area (Å²) in [6.07, 6.45) is 0.751. The minimum atomic E-state index is -0.146. The van der Waals surface area contributed by atoms with Crippen LogP contribution >= 0.6 is 34.2 Å². The smallest absolute Gasteiger partial charge is 0.193 e. The first-order valence-corrected chi connectivity index (χ1v) is 6.36. The van der Waals surface area contributed by atoms with Gasteiger partial charge in [-0.3, -0.25) is 0 Å². The number of rotatable bonds is 3. The van der Waals surface area contributed by atoms with Crippen LogP contribution in [0.25, 0.3) is 0 Å². The van der Waals surface area contributed by atoms with E-state index in [2.05, 4.69) is 46.9 Å². The Hall–Kier alpha value is -0.520. The lowest BCUT2D eigenvalue weighted by Crippen LogP contribution is -2.12. The van der Waals surface area contributed by atoms with Gasteiger partial charge >= 0.3 is 0 Å². The normalized spacial score (nSPS) is 12.7. The molecule has 84 valence electrons. The molecule has 1 atom stereocenters. The van der Waals surface area contributed by atoms with Gasteiger partial charge in [0.1, 0.15) is 5.76 Å². The summed E-state index contributed by atoms with van der Waals surface area (Å²) in [5.41, 5.74) is 7.22. The molecule has 0 spiro atoms. The minimum absolute atomic E-state index is 0.146. The number of benzene rings is 1. The quantitative estimate of drug-likeness (QED) is 0.858. The molecular weight excluding hydrogens is 336 g/mol. The molecule has 0 saturated heterocycles. The van der Waals surface area contributed by atoms with Gasteiger partial charge in [0, 0.05) is 3.57 Å². The van der Waals surface area contributed by atoms with Gasteiger partial charge in [-0.25, -0.2) is 0 Å². The highest BCUT2D eigenvalue weighted by Crippen LogP contribution is 2.21. The summed E-state index contributed by atoms with van der Waals surface area (Å²) in [5, 5.41) is 0.382. The highest BCUT2D eigenvalue weighted by molar-refractivity contribution is 14.1. The van der Waals surface area contributed by atoms with Crippen molar-refractivity contribution in [2.24, 2.45) is 5.73 Å². The van der Waals surface area contributed by atoms with Crippen molar-refractivity contribution in [3.63, 3.8) is 0 Å². The van der Waals surface area contributed by atoms with Crippen LogP contribution in [0.1, 0.15) is 17.4 Å². The highest BCUT2D eigenvalue weighted by atomic mass is 127. The van der Waals surface area contributed by atoms with Gasteiger partial charge in [-0.15, -0.1) is 0 Å². The summed E-state index contributed by atoms with van der Waals surface area (Å²) in [6, 6.07) is 11.7. The lowest BCUT2D eigenvalue weighted by atomic mass is 10.1. The summed E-state index contributed by atoms with van der Waals surface area (Å²) in [7, 11) is 0. The molecule has 1 aromatic heterocycles. The molecule has 2 N–H and O–H groups in total. The second kappa shape index (κ2) is 5.21. The Balaban J connectivity index is 2.07. The van der Waals surface area contributed by atoms with Crippen LogP contribution in [0.5, 0.6) is 0 Å². The maximum atomic E-state index is 6.02. The number of halogens is 2. The number of nitrogens with two attached hydrogens (primary N) is 1. The van der Waals surface area contributed by atoms with E-state index in [1.54, 1.807) is 6.07 Å².